The third-order valence-corrected chi connectivity index (χ3v) is 9.32. The summed E-state index contributed by atoms with van der Waals surface area (Å²) in [5.74, 6) is 0. The molecule has 9 atom stereocenters. The lowest BCUT2D eigenvalue weighted by Gasteiger charge is -2.45. The fraction of sp³-hybridized carbons (Fsp3) is 1.00. The quantitative estimate of drug-likeness (QED) is 0.0287. The fourth-order valence-electron chi connectivity index (χ4n) is 3.88. The van der Waals surface area contributed by atoms with E-state index in [4.69, 9.17) is 18.6 Å². The Balaban J connectivity index is 4.40. The zero-order valence-electron chi connectivity index (χ0n) is 25.2. The molecule has 1 aliphatic heterocycles. The molecule has 0 aromatic carbocycles. The Hall–Kier alpha value is -1.09. The number of thiol groups is 4. The minimum absolute atomic E-state index is 1.57. The molecule has 0 aliphatic carbocycles. The summed E-state index contributed by atoms with van der Waals surface area (Å²) in [6.45, 7) is -5.85. The largest absolute Gasteiger partial charge is 0.397 e. The van der Waals surface area contributed by atoms with Crippen LogP contribution in [0.3, 0.4) is 0 Å². The van der Waals surface area contributed by atoms with Gasteiger partial charge in [0.2, 0.25) is 0 Å². The zero-order chi connectivity index (χ0) is 42.9. The maximum atomic E-state index is 11.9. The van der Waals surface area contributed by atoms with Gasteiger partial charge in [0.15, 0.2) is 12.4 Å². The van der Waals surface area contributed by atoms with Crippen molar-refractivity contribution in [2.24, 2.45) is 0 Å². The second kappa shape index (κ2) is 21.3. The molecular weight excluding hydrogens is 977 g/mol. The summed E-state index contributed by atoms with van der Waals surface area (Å²) < 4.78 is 301. The summed E-state index contributed by atoms with van der Waals surface area (Å²) in [6.07, 6.45) is -28.2. The molecular formula is C12H24O34S9. The van der Waals surface area contributed by atoms with Crippen LogP contribution in [0.25, 0.3) is 0 Å². The molecule has 0 bridgehead atoms. The van der Waals surface area contributed by atoms with Crippen LogP contribution in [0, 0.1) is 0 Å². The van der Waals surface area contributed by atoms with Gasteiger partial charge in [0.25, 0.3) is 43.9 Å². The highest BCUT2D eigenvalue weighted by Gasteiger charge is 2.55. The Bertz CT molecular complexity index is 2140. The van der Waals surface area contributed by atoms with E-state index in [2.05, 4.69) is 37.6 Å². The van der Waals surface area contributed by atoms with Crippen molar-refractivity contribution < 1.29 is 146 Å². The molecule has 0 aromatic rings. The van der Waals surface area contributed by atoms with Crippen LogP contribution in [-0.4, -0.2) is 173 Å². The van der Waals surface area contributed by atoms with Crippen LogP contribution < -0.4 is 0 Å². The standard InChI is InChI=1S/C12H24O34S9/c13-47(14)36-1-4-8(42-49(17)18)10(43-50(19)20)11(46-55(33,34)35)12(39-4)40-7(6(44-53(27,28)29)3-38-52(24,25)26)9(45-54(30,31)32)5(41-48(15)16)2-37-51(21,22)23/h4-12,47-50H,1-3H2,(H,21,22,23)(H,24,25,26)(H,27,28,29)(H,30,31,32)(H,33,34,35)/t4-,5+,6-,7-,8+,9-,10+,11-,12+/m1/s1. The van der Waals surface area contributed by atoms with Crippen molar-refractivity contribution in [3.63, 3.8) is 0 Å². The van der Waals surface area contributed by atoms with E-state index in [-0.39, 0.29) is 0 Å². The second-order valence-corrected chi connectivity index (χ2v) is 17.1. The first-order chi connectivity index (χ1) is 24.7. The van der Waals surface area contributed by atoms with E-state index < -0.39 is 171 Å². The molecule has 1 saturated heterocycles. The van der Waals surface area contributed by atoms with E-state index in [9.17, 15) is 89.4 Å². The smallest absolute Gasteiger partial charge is 0.341 e. The van der Waals surface area contributed by atoms with E-state index in [1.165, 1.54) is 0 Å². The van der Waals surface area contributed by atoms with E-state index in [1.54, 1.807) is 0 Å². The number of rotatable bonds is 26. The molecule has 0 amide bonds. The van der Waals surface area contributed by atoms with Crippen LogP contribution in [0.15, 0.2) is 0 Å². The van der Waals surface area contributed by atoms with Gasteiger partial charge in [-0.2, -0.15) is 42.1 Å². The maximum Gasteiger partial charge on any atom is 0.397 e. The lowest BCUT2D eigenvalue weighted by molar-refractivity contribution is -0.311. The zero-order valence-corrected chi connectivity index (χ0v) is 32.9. The van der Waals surface area contributed by atoms with Crippen LogP contribution in [0.1, 0.15) is 0 Å². The van der Waals surface area contributed by atoms with Crippen molar-refractivity contribution in [3.05, 3.63) is 0 Å². The van der Waals surface area contributed by atoms with Crippen LogP contribution in [0.2, 0.25) is 0 Å². The summed E-state index contributed by atoms with van der Waals surface area (Å²) in [4.78, 5) is 0. The molecule has 0 spiro atoms. The molecule has 1 fully saturated rings. The van der Waals surface area contributed by atoms with Gasteiger partial charge in [-0.3, -0.25) is 39.5 Å². The third-order valence-electron chi connectivity index (χ3n) is 5.39. The Morgan fingerprint density at radius 1 is 0.527 bits per heavy atom. The van der Waals surface area contributed by atoms with Gasteiger partial charge < -0.3 is 9.47 Å². The predicted molar refractivity (Wildman–Crippen MR) is 160 cm³/mol. The van der Waals surface area contributed by atoms with Gasteiger partial charge in [-0.25, -0.2) is 54.6 Å². The van der Waals surface area contributed by atoms with Gasteiger partial charge in [-0.15, -0.1) is 0 Å². The first-order valence-corrected chi connectivity index (χ1v) is 23.6. The first-order valence-electron chi connectivity index (χ1n) is 12.4. The van der Waals surface area contributed by atoms with Gasteiger partial charge >= 0.3 is 52.0 Å². The number of ether oxygens (including phenoxy) is 2. The minimum atomic E-state index is -6.27. The molecule has 1 heterocycles. The Kier molecular flexibility index (Phi) is 20.1. The average Bonchev–Trinajstić information content (AvgIpc) is 2.93. The van der Waals surface area contributed by atoms with Crippen molar-refractivity contribution in [1.82, 2.24) is 0 Å². The number of hydrogen-bond acceptors (Lipinski definition) is 29. The monoisotopic (exact) mass is 1000 g/mol. The Morgan fingerprint density at radius 3 is 1.40 bits per heavy atom. The van der Waals surface area contributed by atoms with E-state index >= 15 is 0 Å². The van der Waals surface area contributed by atoms with Gasteiger partial charge in [-0.05, 0) is 0 Å². The van der Waals surface area contributed by atoms with E-state index in [1.807, 2.05) is 0 Å². The highest BCUT2D eigenvalue weighted by atomic mass is 32.3. The molecule has 0 aromatic heterocycles. The Labute approximate surface area is 315 Å². The van der Waals surface area contributed by atoms with E-state index in [0.717, 1.165) is 0 Å². The number of hydrogen-bond donors (Lipinski definition) is 9. The van der Waals surface area contributed by atoms with Crippen LogP contribution in [-0.2, 0) is 143 Å². The summed E-state index contributed by atoms with van der Waals surface area (Å²) in [6, 6.07) is 0. The van der Waals surface area contributed by atoms with Crippen molar-refractivity contribution in [2.75, 3.05) is 19.8 Å². The summed E-state index contributed by atoms with van der Waals surface area (Å²) in [5.41, 5.74) is 0. The Morgan fingerprint density at radius 2 is 1.00 bits per heavy atom. The lowest BCUT2D eigenvalue weighted by Crippen LogP contribution is -2.64. The predicted octanol–water partition coefficient (Wildman–Crippen LogP) is -8.42. The molecule has 0 saturated carbocycles. The van der Waals surface area contributed by atoms with Crippen molar-refractivity contribution in [1.29, 1.82) is 0 Å². The minimum Gasteiger partial charge on any atom is -0.341 e. The third kappa shape index (κ3) is 22.0. The van der Waals surface area contributed by atoms with Crippen LogP contribution in [0.4, 0.5) is 0 Å². The molecule has 1 aliphatic rings. The van der Waals surface area contributed by atoms with Crippen LogP contribution in [0.5, 0.6) is 0 Å². The van der Waals surface area contributed by atoms with Gasteiger partial charge in [-0.1, -0.05) is 0 Å². The molecule has 330 valence electrons. The normalized spacial score (nSPS) is 24.3. The molecule has 43 heteroatoms. The summed E-state index contributed by atoms with van der Waals surface area (Å²) in [5, 5.41) is 0. The highest BCUT2D eigenvalue weighted by molar-refractivity contribution is 7.81. The molecule has 55 heavy (non-hydrogen) atoms. The average molecular weight is 1000 g/mol. The van der Waals surface area contributed by atoms with Crippen molar-refractivity contribution in [2.45, 2.75) is 55.1 Å². The fourth-order valence-corrected chi connectivity index (χ4v) is 7.53. The lowest BCUT2D eigenvalue weighted by atomic mass is 9.98. The van der Waals surface area contributed by atoms with Crippen molar-refractivity contribution in [3.8, 4) is 0 Å². The maximum absolute atomic E-state index is 11.9. The van der Waals surface area contributed by atoms with Crippen LogP contribution >= 0.6 is 0 Å². The summed E-state index contributed by atoms with van der Waals surface area (Å²) >= 11 is 0. The molecule has 0 unspecified atom stereocenters. The molecule has 34 nitrogen and oxygen atoms in total. The molecule has 1 rings (SSSR count). The van der Waals surface area contributed by atoms with Gasteiger partial charge in [0.05, 0.1) is 19.8 Å². The van der Waals surface area contributed by atoms with Gasteiger partial charge in [0.1, 0.15) is 42.7 Å². The topological polar surface area (TPSA) is 510 Å². The SMILES string of the molecule is O=[SH](=O)OC[C@H]1O[C@@H](O[C@@H]([C@H](OS(=O)(=O)O)[C@H](COS(=O)(=O)O)O[SH](=O)=O)[C@@H](COS(=O)(=O)O)OS(=O)(=O)O)[C@H](OS(=O)(=O)O)[C@@H](O[SH](=O)=O)[C@H]1O[SH](=O)=O. The first kappa shape index (κ1) is 51.9. The second-order valence-electron chi connectivity index (χ2n) is 9.08. The molecule has 0 radical (unpaired) electrons. The highest BCUT2D eigenvalue weighted by Crippen LogP contribution is 2.33. The summed E-state index contributed by atoms with van der Waals surface area (Å²) in [7, 11) is -47.4. The molecule has 5 N–H and O–H groups in total. The van der Waals surface area contributed by atoms with Crippen molar-refractivity contribution >= 4 is 95.9 Å². The van der Waals surface area contributed by atoms with E-state index in [0.29, 0.717) is 0 Å². The van der Waals surface area contributed by atoms with Gasteiger partial charge in [0, 0.05) is 0 Å².